The molecule has 0 radical (unpaired) electrons. The summed E-state index contributed by atoms with van der Waals surface area (Å²) in [7, 11) is 0. The van der Waals surface area contributed by atoms with Gasteiger partial charge in [-0.05, 0) is 36.4 Å². The summed E-state index contributed by atoms with van der Waals surface area (Å²) in [4.78, 5) is 23.9. The van der Waals surface area contributed by atoms with Gasteiger partial charge in [0.2, 0.25) is 5.91 Å². The van der Waals surface area contributed by atoms with Crippen LogP contribution < -0.4 is 10.6 Å². The number of aromatic hydroxyl groups is 1. The zero-order chi connectivity index (χ0) is 18.1. The van der Waals surface area contributed by atoms with Gasteiger partial charge < -0.3 is 14.6 Å². The second-order valence-corrected chi connectivity index (χ2v) is 5.14. The Balaban J connectivity index is 1.65. The van der Waals surface area contributed by atoms with Gasteiger partial charge >= 0.3 is 0 Å². The predicted octanol–water partition coefficient (Wildman–Crippen LogP) is 1.72. The van der Waals surface area contributed by atoms with Gasteiger partial charge in [0, 0.05) is 5.56 Å². The maximum absolute atomic E-state index is 12.0. The lowest BCUT2D eigenvalue weighted by molar-refractivity contribution is -0.130. The van der Waals surface area contributed by atoms with Crippen molar-refractivity contribution in [3.63, 3.8) is 0 Å². The first kappa shape index (κ1) is 18.4. The van der Waals surface area contributed by atoms with Crippen LogP contribution in [0, 0.1) is 0 Å². The molecule has 0 saturated heterocycles. The van der Waals surface area contributed by atoms with E-state index < -0.39 is 11.8 Å². The van der Waals surface area contributed by atoms with Crippen molar-refractivity contribution in [3.8, 4) is 11.5 Å². The Hall–Kier alpha value is -2.90. The van der Waals surface area contributed by atoms with E-state index in [4.69, 9.17) is 15.3 Å². The summed E-state index contributed by atoms with van der Waals surface area (Å²) >= 11 is 0. The average molecular weight is 344 g/mol. The maximum atomic E-state index is 12.0. The molecule has 2 rings (SSSR count). The molecule has 0 spiro atoms. The summed E-state index contributed by atoms with van der Waals surface area (Å²) in [5, 5.41) is 9.75. The van der Waals surface area contributed by atoms with Crippen LogP contribution >= 0.6 is 0 Å². The Kier molecular flexibility index (Phi) is 6.94. The van der Waals surface area contributed by atoms with E-state index in [1.165, 1.54) is 24.3 Å². The van der Waals surface area contributed by atoms with Crippen LogP contribution in [0.2, 0.25) is 0 Å². The van der Waals surface area contributed by atoms with E-state index in [0.717, 1.165) is 5.75 Å². The summed E-state index contributed by atoms with van der Waals surface area (Å²) in [6.45, 7) is 0.809. The number of phenols is 1. The number of ether oxygens (including phenoxy) is 2. The molecule has 0 atom stereocenters. The van der Waals surface area contributed by atoms with Gasteiger partial charge in [0.05, 0.1) is 19.6 Å². The van der Waals surface area contributed by atoms with Crippen molar-refractivity contribution in [2.45, 2.75) is 6.42 Å². The molecule has 2 aromatic rings. The van der Waals surface area contributed by atoms with Crippen molar-refractivity contribution in [1.82, 2.24) is 5.01 Å². The fourth-order valence-corrected chi connectivity index (χ4v) is 1.97. The first-order valence-electron chi connectivity index (χ1n) is 7.74. The van der Waals surface area contributed by atoms with Crippen LogP contribution in [0.4, 0.5) is 0 Å². The van der Waals surface area contributed by atoms with Crippen molar-refractivity contribution in [1.29, 1.82) is 0 Å². The molecular formula is C18H20N2O5. The van der Waals surface area contributed by atoms with Crippen LogP contribution in [0.15, 0.2) is 54.6 Å². The highest BCUT2D eigenvalue weighted by Gasteiger charge is 2.19. The van der Waals surface area contributed by atoms with Crippen LogP contribution in [-0.2, 0) is 9.53 Å². The summed E-state index contributed by atoms with van der Waals surface area (Å²) in [5.41, 5.74) is 0.214. The number of nitrogens with zero attached hydrogens (tertiary/aromatic N) is 1. The molecule has 2 aromatic carbocycles. The minimum Gasteiger partial charge on any atom is -0.508 e. The molecule has 0 aliphatic carbocycles. The molecule has 7 heteroatoms. The van der Waals surface area contributed by atoms with E-state index in [0.29, 0.717) is 18.2 Å². The zero-order valence-electron chi connectivity index (χ0n) is 13.6. The summed E-state index contributed by atoms with van der Waals surface area (Å²) in [6.07, 6.45) is -0.0222. The molecular weight excluding hydrogens is 324 g/mol. The average Bonchev–Trinajstić information content (AvgIpc) is 2.64. The predicted molar refractivity (Wildman–Crippen MR) is 90.8 cm³/mol. The molecule has 0 aliphatic rings. The number of carbonyl (C=O) groups excluding carboxylic acids is 2. The molecule has 0 saturated carbocycles. The van der Waals surface area contributed by atoms with E-state index >= 15 is 0 Å². The van der Waals surface area contributed by atoms with Gasteiger partial charge in [-0.3, -0.25) is 9.59 Å². The lowest BCUT2D eigenvalue weighted by Crippen LogP contribution is -2.43. The molecule has 0 bridgehead atoms. The first-order chi connectivity index (χ1) is 12.1. The fourth-order valence-electron chi connectivity index (χ4n) is 1.97. The Morgan fingerprint density at radius 2 is 1.64 bits per heavy atom. The molecule has 3 N–H and O–H groups in total. The van der Waals surface area contributed by atoms with Gasteiger partial charge in [-0.2, -0.15) is 0 Å². The Bertz CT molecular complexity index is 688. The van der Waals surface area contributed by atoms with Gasteiger partial charge in [-0.1, -0.05) is 18.2 Å². The minimum absolute atomic E-state index is 0.0222. The van der Waals surface area contributed by atoms with Crippen LogP contribution in [0.3, 0.4) is 0 Å². The molecule has 132 valence electrons. The molecule has 2 amide bonds. The topological polar surface area (TPSA) is 102 Å². The number of imide groups is 1. The normalized spacial score (nSPS) is 10.3. The number of nitrogens with two attached hydrogens (primary N) is 1. The molecule has 25 heavy (non-hydrogen) atoms. The number of hydrazine groups is 1. The number of carbonyl (C=O) groups is 2. The van der Waals surface area contributed by atoms with Gasteiger partial charge in [0.15, 0.2) is 0 Å². The standard InChI is InChI=1S/C18H20N2O5/c19-20(18(23)14-6-8-15(21)9-7-14)17(22)10-11-24-12-13-25-16-4-2-1-3-5-16/h1-9,21H,10-13,19H2. The number of rotatable bonds is 8. The highest BCUT2D eigenvalue weighted by Crippen LogP contribution is 2.11. The SMILES string of the molecule is NN(C(=O)CCOCCOc1ccccc1)C(=O)c1ccc(O)cc1. The Labute approximate surface area is 145 Å². The third kappa shape index (κ3) is 5.91. The van der Waals surface area contributed by atoms with Gasteiger partial charge in [-0.15, -0.1) is 0 Å². The Morgan fingerprint density at radius 3 is 2.32 bits per heavy atom. The number of benzene rings is 2. The summed E-state index contributed by atoms with van der Waals surface area (Å²) in [6, 6.07) is 14.8. The largest absolute Gasteiger partial charge is 0.508 e. The number of para-hydroxylation sites is 1. The zero-order valence-corrected chi connectivity index (χ0v) is 13.6. The van der Waals surface area contributed by atoms with E-state index in [-0.39, 0.29) is 24.3 Å². The highest BCUT2D eigenvalue weighted by atomic mass is 16.5. The number of hydrogen-bond acceptors (Lipinski definition) is 6. The summed E-state index contributed by atoms with van der Waals surface area (Å²) in [5.74, 6) is 5.12. The van der Waals surface area contributed by atoms with Gasteiger partial charge in [-0.25, -0.2) is 10.9 Å². The number of amides is 2. The molecule has 0 aromatic heterocycles. The third-order valence-electron chi connectivity index (χ3n) is 3.30. The lowest BCUT2D eigenvalue weighted by atomic mass is 10.2. The van der Waals surface area contributed by atoms with Crippen molar-refractivity contribution >= 4 is 11.8 Å². The fraction of sp³-hybridized carbons (Fsp3) is 0.222. The summed E-state index contributed by atoms with van der Waals surface area (Å²) < 4.78 is 10.8. The van der Waals surface area contributed by atoms with Crippen LogP contribution in [-0.4, -0.2) is 41.8 Å². The minimum atomic E-state index is -0.641. The molecule has 7 nitrogen and oxygen atoms in total. The van der Waals surface area contributed by atoms with Gasteiger partial charge in [0.1, 0.15) is 18.1 Å². The Morgan fingerprint density at radius 1 is 0.960 bits per heavy atom. The van der Waals surface area contributed by atoms with E-state index in [2.05, 4.69) is 0 Å². The van der Waals surface area contributed by atoms with Gasteiger partial charge in [0.25, 0.3) is 5.91 Å². The van der Waals surface area contributed by atoms with Crippen molar-refractivity contribution < 1.29 is 24.2 Å². The number of hydrogen-bond donors (Lipinski definition) is 2. The number of phenolic OH excluding ortho intramolecular Hbond substituents is 1. The lowest BCUT2D eigenvalue weighted by Gasteiger charge is -2.15. The highest BCUT2D eigenvalue weighted by molar-refractivity contribution is 6.04. The van der Waals surface area contributed by atoms with E-state index in [1.54, 1.807) is 0 Å². The van der Waals surface area contributed by atoms with E-state index in [9.17, 15) is 14.7 Å². The van der Waals surface area contributed by atoms with E-state index in [1.807, 2.05) is 30.3 Å². The van der Waals surface area contributed by atoms with Crippen LogP contribution in [0.25, 0.3) is 0 Å². The molecule has 0 aliphatic heterocycles. The first-order valence-corrected chi connectivity index (χ1v) is 7.74. The maximum Gasteiger partial charge on any atom is 0.274 e. The molecule has 0 heterocycles. The smallest absolute Gasteiger partial charge is 0.274 e. The van der Waals surface area contributed by atoms with Crippen molar-refractivity contribution in [2.75, 3.05) is 19.8 Å². The third-order valence-corrected chi connectivity index (χ3v) is 3.30. The van der Waals surface area contributed by atoms with Crippen molar-refractivity contribution in [2.24, 2.45) is 5.84 Å². The molecule has 0 unspecified atom stereocenters. The van der Waals surface area contributed by atoms with Crippen LogP contribution in [0.1, 0.15) is 16.8 Å². The second-order valence-electron chi connectivity index (χ2n) is 5.14. The van der Waals surface area contributed by atoms with Crippen LogP contribution in [0.5, 0.6) is 11.5 Å². The monoisotopic (exact) mass is 344 g/mol. The second kappa shape index (κ2) is 9.41. The quantitative estimate of drug-likeness (QED) is 0.327. The van der Waals surface area contributed by atoms with Crippen molar-refractivity contribution in [3.05, 3.63) is 60.2 Å². The molecule has 0 fully saturated rings.